The van der Waals surface area contributed by atoms with E-state index >= 15 is 0 Å². The number of aromatic nitrogens is 1. The lowest BCUT2D eigenvalue weighted by Crippen LogP contribution is -2.12. The van der Waals surface area contributed by atoms with Crippen LogP contribution in [0, 0.1) is 13.8 Å². The number of rotatable bonds is 4. The van der Waals surface area contributed by atoms with Gasteiger partial charge in [-0.05, 0) is 78.2 Å². The van der Waals surface area contributed by atoms with Gasteiger partial charge in [-0.25, -0.2) is 4.98 Å². The first-order valence-electron chi connectivity index (χ1n) is 10.4. The second kappa shape index (κ2) is 7.85. The monoisotopic (exact) mass is 422 g/mol. The van der Waals surface area contributed by atoms with Crippen molar-refractivity contribution in [1.82, 2.24) is 4.98 Å². The quantitative estimate of drug-likeness (QED) is 0.358. The molecule has 4 aromatic carbocycles. The number of nitrogens with one attached hydrogen (secondary N) is 1. The molecule has 1 aromatic heterocycles. The van der Waals surface area contributed by atoms with E-state index in [0.29, 0.717) is 22.9 Å². The van der Waals surface area contributed by atoms with Crippen LogP contribution in [-0.4, -0.2) is 18.0 Å². The molecule has 32 heavy (non-hydrogen) atoms. The SMILES string of the molecule is COc1ccc(-c2nc3cc(C)c(C)cc3o2)cc1NC(=O)c1ccc2ccccc2c1. The fourth-order valence-electron chi connectivity index (χ4n) is 3.77. The number of nitrogens with zero attached hydrogens (tertiary/aromatic N) is 1. The molecule has 1 heterocycles. The van der Waals surface area contributed by atoms with Crippen molar-refractivity contribution in [3.8, 4) is 17.2 Å². The number of methoxy groups -OCH3 is 1. The zero-order chi connectivity index (χ0) is 22.2. The lowest BCUT2D eigenvalue weighted by atomic mass is 10.1. The zero-order valence-corrected chi connectivity index (χ0v) is 18.1. The molecule has 0 aliphatic heterocycles. The van der Waals surface area contributed by atoms with Crippen molar-refractivity contribution in [2.75, 3.05) is 12.4 Å². The maximum absolute atomic E-state index is 13.0. The molecule has 0 atom stereocenters. The number of fused-ring (bicyclic) bond motifs is 2. The first-order valence-corrected chi connectivity index (χ1v) is 10.4. The Bertz CT molecular complexity index is 1440. The van der Waals surface area contributed by atoms with Crippen LogP contribution in [0.1, 0.15) is 21.5 Å². The summed E-state index contributed by atoms with van der Waals surface area (Å²) in [4.78, 5) is 17.6. The summed E-state index contributed by atoms with van der Waals surface area (Å²) in [7, 11) is 1.58. The molecule has 5 rings (SSSR count). The second-order valence-corrected chi connectivity index (χ2v) is 7.85. The van der Waals surface area contributed by atoms with Crippen LogP contribution >= 0.6 is 0 Å². The summed E-state index contributed by atoms with van der Waals surface area (Å²) in [5.74, 6) is 0.842. The molecule has 0 bridgehead atoms. The second-order valence-electron chi connectivity index (χ2n) is 7.85. The summed E-state index contributed by atoms with van der Waals surface area (Å²) in [5.41, 5.74) is 5.74. The number of hydrogen-bond acceptors (Lipinski definition) is 4. The largest absolute Gasteiger partial charge is 0.495 e. The van der Waals surface area contributed by atoms with Crippen LogP contribution in [0.2, 0.25) is 0 Å². The van der Waals surface area contributed by atoms with Crippen LogP contribution in [0.3, 0.4) is 0 Å². The molecule has 5 heteroatoms. The molecule has 0 saturated heterocycles. The Morgan fingerprint density at radius 3 is 2.50 bits per heavy atom. The zero-order valence-electron chi connectivity index (χ0n) is 18.1. The van der Waals surface area contributed by atoms with Gasteiger partial charge in [0.15, 0.2) is 5.58 Å². The third-order valence-electron chi connectivity index (χ3n) is 5.71. The van der Waals surface area contributed by atoms with Gasteiger partial charge in [0.2, 0.25) is 5.89 Å². The number of carbonyl (C=O) groups excluding carboxylic acids is 1. The molecule has 0 fully saturated rings. The van der Waals surface area contributed by atoms with Crippen molar-refractivity contribution < 1.29 is 13.9 Å². The highest BCUT2D eigenvalue weighted by Crippen LogP contribution is 2.33. The van der Waals surface area contributed by atoms with Crippen molar-refractivity contribution in [3.05, 3.63) is 89.5 Å². The summed E-state index contributed by atoms with van der Waals surface area (Å²) in [5, 5.41) is 5.07. The number of amides is 1. The van der Waals surface area contributed by atoms with Gasteiger partial charge in [0.1, 0.15) is 11.3 Å². The van der Waals surface area contributed by atoms with E-state index in [4.69, 9.17) is 9.15 Å². The molecular weight excluding hydrogens is 400 g/mol. The summed E-state index contributed by atoms with van der Waals surface area (Å²) in [6, 6.07) is 23.1. The predicted molar refractivity (Wildman–Crippen MR) is 127 cm³/mol. The molecule has 0 spiro atoms. The smallest absolute Gasteiger partial charge is 0.255 e. The summed E-state index contributed by atoms with van der Waals surface area (Å²) < 4.78 is 11.5. The van der Waals surface area contributed by atoms with Gasteiger partial charge in [0.25, 0.3) is 5.91 Å². The Morgan fingerprint density at radius 2 is 1.69 bits per heavy atom. The minimum absolute atomic E-state index is 0.213. The van der Waals surface area contributed by atoms with Gasteiger partial charge in [-0.2, -0.15) is 0 Å². The molecule has 1 N–H and O–H groups in total. The molecular formula is C27H22N2O3. The number of carbonyl (C=O) groups is 1. The van der Waals surface area contributed by atoms with Gasteiger partial charge >= 0.3 is 0 Å². The highest BCUT2D eigenvalue weighted by Gasteiger charge is 2.15. The summed E-state index contributed by atoms with van der Waals surface area (Å²) >= 11 is 0. The van der Waals surface area contributed by atoms with E-state index in [2.05, 4.69) is 17.2 Å². The molecule has 0 unspecified atom stereocenters. The normalized spacial score (nSPS) is 11.1. The Morgan fingerprint density at radius 1 is 0.906 bits per heavy atom. The van der Waals surface area contributed by atoms with E-state index in [1.165, 1.54) is 0 Å². The average molecular weight is 422 g/mol. The van der Waals surface area contributed by atoms with Gasteiger partial charge in [0.05, 0.1) is 12.8 Å². The minimum atomic E-state index is -0.213. The molecule has 0 aliphatic rings. The highest BCUT2D eigenvalue weighted by molar-refractivity contribution is 6.07. The van der Waals surface area contributed by atoms with Gasteiger partial charge in [-0.1, -0.05) is 30.3 Å². The van der Waals surface area contributed by atoms with Gasteiger partial charge in [-0.3, -0.25) is 4.79 Å². The fraction of sp³-hybridized carbons (Fsp3) is 0.111. The van der Waals surface area contributed by atoms with Crippen molar-refractivity contribution >= 4 is 33.5 Å². The standard InChI is InChI=1S/C27H22N2O3/c1-16-12-22-25(13-17(16)2)32-27(29-22)21-10-11-24(31-3)23(15-21)28-26(30)20-9-8-18-6-4-5-7-19(18)14-20/h4-15H,1-3H3,(H,28,30). The van der Waals surface area contributed by atoms with Gasteiger partial charge in [-0.15, -0.1) is 0 Å². The van der Waals surface area contributed by atoms with Crippen LogP contribution in [0.5, 0.6) is 5.75 Å². The van der Waals surface area contributed by atoms with Gasteiger partial charge in [0, 0.05) is 11.1 Å². The van der Waals surface area contributed by atoms with Crippen molar-refractivity contribution in [3.63, 3.8) is 0 Å². The topological polar surface area (TPSA) is 64.4 Å². The van der Waals surface area contributed by atoms with E-state index in [9.17, 15) is 4.79 Å². The van der Waals surface area contributed by atoms with E-state index in [0.717, 1.165) is 38.6 Å². The van der Waals surface area contributed by atoms with Crippen LogP contribution in [-0.2, 0) is 0 Å². The number of aryl methyl sites for hydroxylation is 2. The number of oxazole rings is 1. The molecule has 5 nitrogen and oxygen atoms in total. The lowest BCUT2D eigenvalue weighted by molar-refractivity contribution is 0.102. The first kappa shape index (κ1) is 19.8. The van der Waals surface area contributed by atoms with Crippen LogP contribution in [0.25, 0.3) is 33.3 Å². The molecule has 5 aromatic rings. The number of ether oxygens (including phenoxy) is 1. The maximum atomic E-state index is 13.0. The number of hydrogen-bond donors (Lipinski definition) is 1. The van der Waals surface area contributed by atoms with Crippen molar-refractivity contribution in [2.24, 2.45) is 0 Å². The number of benzene rings is 4. The molecule has 158 valence electrons. The minimum Gasteiger partial charge on any atom is -0.495 e. The van der Waals surface area contributed by atoms with E-state index < -0.39 is 0 Å². The molecule has 0 radical (unpaired) electrons. The fourth-order valence-corrected chi connectivity index (χ4v) is 3.77. The van der Waals surface area contributed by atoms with Gasteiger partial charge < -0.3 is 14.5 Å². The van der Waals surface area contributed by atoms with E-state index in [1.807, 2.05) is 73.7 Å². The third-order valence-corrected chi connectivity index (χ3v) is 5.71. The summed E-state index contributed by atoms with van der Waals surface area (Å²) in [6.07, 6.45) is 0. The lowest BCUT2D eigenvalue weighted by Gasteiger charge is -2.12. The van der Waals surface area contributed by atoms with E-state index in [-0.39, 0.29) is 5.91 Å². The van der Waals surface area contributed by atoms with E-state index in [1.54, 1.807) is 13.2 Å². The first-order chi connectivity index (χ1) is 15.5. The summed E-state index contributed by atoms with van der Waals surface area (Å²) in [6.45, 7) is 4.10. The molecule has 0 saturated carbocycles. The predicted octanol–water partition coefficient (Wildman–Crippen LogP) is 6.53. The van der Waals surface area contributed by atoms with Crippen LogP contribution < -0.4 is 10.1 Å². The Kier molecular flexibility index (Phi) is 4.86. The van der Waals surface area contributed by atoms with Crippen LogP contribution in [0.15, 0.2) is 77.2 Å². The highest BCUT2D eigenvalue weighted by atomic mass is 16.5. The maximum Gasteiger partial charge on any atom is 0.255 e. The Hall–Kier alpha value is -4.12. The van der Waals surface area contributed by atoms with Crippen LogP contribution in [0.4, 0.5) is 5.69 Å². The third kappa shape index (κ3) is 3.58. The Balaban J connectivity index is 1.49. The molecule has 1 amide bonds. The molecule has 0 aliphatic carbocycles. The van der Waals surface area contributed by atoms with Crippen molar-refractivity contribution in [2.45, 2.75) is 13.8 Å². The average Bonchev–Trinajstić information content (AvgIpc) is 3.21. The van der Waals surface area contributed by atoms with Crippen molar-refractivity contribution in [1.29, 1.82) is 0 Å². The number of anilines is 1. The Labute approximate surface area is 185 Å².